The minimum atomic E-state index is -3.78. The molecule has 0 amide bonds. The Kier molecular flexibility index (Phi) is 4.06. The molecule has 0 unspecified atom stereocenters. The molecule has 5 nitrogen and oxygen atoms in total. The van der Waals surface area contributed by atoms with E-state index in [9.17, 15) is 13.2 Å². The number of aromatic carboxylic acids is 1. The number of hydrogen-bond acceptors (Lipinski definition) is 4. The number of rotatable bonds is 4. The van der Waals surface area contributed by atoms with E-state index >= 15 is 0 Å². The van der Waals surface area contributed by atoms with Gasteiger partial charge in [-0.05, 0) is 44.0 Å². The molecule has 7 heteroatoms. The molecule has 1 aromatic carbocycles. The summed E-state index contributed by atoms with van der Waals surface area (Å²) in [6.45, 7) is 5.60. The van der Waals surface area contributed by atoms with Crippen LogP contribution in [0, 0.1) is 20.8 Å². The first-order chi connectivity index (χ1) is 9.70. The molecule has 2 aromatic rings. The predicted octanol–water partition coefficient (Wildman–Crippen LogP) is 3.17. The Morgan fingerprint density at radius 1 is 1.14 bits per heavy atom. The number of hydrogen-bond donors (Lipinski definition) is 2. The van der Waals surface area contributed by atoms with Gasteiger partial charge in [0, 0.05) is 0 Å². The van der Waals surface area contributed by atoms with E-state index in [1.165, 1.54) is 12.1 Å². The van der Waals surface area contributed by atoms with E-state index in [-0.39, 0.29) is 9.09 Å². The van der Waals surface area contributed by atoms with Crippen LogP contribution >= 0.6 is 11.3 Å². The monoisotopic (exact) mass is 325 g/mol. The van der Waals surface area contributed by atoms with Crippen molar-refractivity contribution >= 4 is 33.0 Å². The maximum atomic E-state index is 12.3. The molecule has 0 aliphatic rings. The molecule has 0 radical (unpaired) electrons. The van der Waals surface area contributed by atoms with Crippen molar-refractivity contribution in [2.24, 2.45) is 0 Å². The van der Waals surface area contributed by atoms with Gasteiger partial charge in [-0.25, -0.2) is 13.2 Å². The van der Waals surface area contributed by atoms with Crippen molar-refractivity contribution in [1.82, 2.24) is 0 Å². The summed E-state index contributed by atoms with van der Waals surface area (Å²) in [5, 5.41) is 8.87. The van der Waals surface area contributed by atoms with Crippen molar-refractivity contribution in [2.75, 3.05) is 4.72 Å². The van der Waals surface area contributed by atoms with Crippen molar-refractivity contribution in [3.8, 4) is 0 Å². The van der Waals surface area contributed by atoms with Crippen LogP contribution in [0.3, 0.4) is 0 Å². The quantitative estimate of drug-likeness (QED) is 0.904. The Morgan fingerprint density at radius 2 is 1.71 bits per heavy atom. The Bertz CT molecular complexity index is 783. The number of nitrogens with one attached hydrogen (secondary N) is 1. The summed E-state index contributed by atoms with van der Waals surface area (Å²) < 4.78 is 27.2. The molecular formula is C14H15NO4S2. The average molecular weight is 325 g/mol. The third-order valence-corrected chi connectivity index (χ3v) is 5.89. The van der Waals surface area contributed by atoms with Crippen LogP contribution in [-0.2, 0) is 10.0 Å². The van der Waals surface area contributed by atoms with Gasteiger partial charge in [0.1, 0.15) is 9.09 Å². The highest BCUT2D eigenvalue weighted by atomic mass is 32.2. The summed E-state index contributed by atoms with van der Waals surface area (Å²) >= 11 is 0.732. The van der Waals surface area contributed by atoms with Gasteiger partial charge in [0.25, 0.3) is 10.0 Å². The summed E-state index contributed by atoms with van der Waals surface area (Å²) in [5.74, 6) is -1.14. The molecule has 0 bridgehead atoms. The zero-order valence-electron chi connectivity index (χ0n) is 11.8. The summed E-state index contributed by atoms with van der Waals surface area (Å²) in [5.41, 5.74) is 3.24. The van der Waals surface area contributed by atoms with E-state index in [1.54, 1.807) is 0 Å². The number of sulfonamides is 1. The number of carbonyl (C=O) groups is 1. The second-order valence-corrected chi connectivity index (χ2v) is 7.80. The summed E-state index contributed by atoms with van der Waals surface area (Å²) in [6, 6.07) is 6.37. The van der Waals surface area contributed by atoms with Crippen LogP contribution < -0.4 is 4.72 Å². The van der Waals surface area contributed by atoms with Crippen LogP contribution in [0.15, 0.2) is 28.5 Å². The van der Waals surface area contributed by atoms with Gasteiger partial charge >= 0.3 is 5.97 Å². The molecule has 0 aliphatic carbocycles. The molecule has 0 saturated carbocycles. The van der Waals surface area contributed by atoms with Crippen LogP contribution in [0.5, 0.6) is 0 Å². The highest BCUT2D eigenvalue weighted by Gasteiger charge is 2.20. The molecule has 112 valence electrons. The number of thiophene rings is 1. The van der Waals surface area contributed by atoms with Gasteiger partial charge in [0.05, 0.1) is 5.69 Å². The van der Waals surface area contributed by atoms with Crippen LogP contribution in [0.1, 0.15) is 26.4 Å². The SMILES string of the molecule is Cc1cc(C)c(NS(=O)(=O)c2ccc(C(=O)O)s2)c(C)c1. The first kappa shape index (κ1) is 15.5. The lowest BCUT2D eigenvalue weighted by Crippen LogP contribution is -2.13. The topological polar surface area (TPSA) is 83.5 Å². The van der Waals surface area contributed by atoms with Gasteiger partial charge in [-0.2, -0.15) is 0 Å². The average Bonchev–Trinajstić information content (AvgIpc) is 2.84. The van der Waals surface area contributed by atoms with E-state index < -0.39 is 16.0 Å². The first-order valence-corrected chi connectivity index (χ1v) is 8.44. The molecular weight excluding hydrogens is 310 g/mol. The van der Waals surface area contributed by atoms with Gasteiger partial charge in [0.2, 0.25) is 0 Å². The van der Waals surface area contributed by atoms with E-state index in [1.807, 2.05) is 32.9 Å². The second-order valence-electron chi connectivity index (χ2n) is 4.80. The number of carboxylic acids is 1. The number of anilines is 1. The predicted molar refractivity (Wildman–Crippen MR) is 82.7 cm³/mol. The third kappa shape index (κ3) is 3.25. The first-order valence-electron chi connectivity index (χ1n) is 6.14. The van der Waals surface area contributed by atoms with Crippen LogP contribution in [0.2, 0.25) is 0 Å². The normalized spacial score (nSPS) is 11.4. The lowest BCUT2D eigenvalue weighted by Gasteiger charge is -2.13. The maximum absolute atomic E-state index is 12.3. The molecule has 0 saturated heterocycles. The standard InChI is InChI=1S/C14H15NO4S2/c1-8-6-9(2)13(10(3)7-8)15-21(18,19)12-5-4-11(20-12)14(16)17/h4-7,15H,1-3H3,(H,16,17). The molecule has 0 spiro atoms. The lowest BCUT2D eigenvalue weighted by molar-refractivity contribution is 0.0702. The van der Waals surface area contributed by atoms with Gasteiger partial charge in [-0.1, -0.05) is 17.7 Å². The van der Waals surface area contributed by atoms with E-state index in [4.69, 9.17) is 5.11 Å². The minimum absolute atomic E-state index is 0.00674. The molecule has 1 aromatic heterocycles. The fraction of sp³-hybridized carbons (Fsp3) is 0.214. The Labute approximate surface area is 127 Å². The molecule has 2 rings (SSSR count). The molecule has 0 atom stereocenters. The highest BCUT2D eigenvalue weighted by molar-refractivity contribution is 7.94. The molecule has 1 heterocycles. The fourth-order valence-electron chi connectivity index (χ4n) is 2.11. The third-order valence-electron chi connectivity index (χ3n) is 2.97. The van der Waals surface area contributed by atoms with Crippen molar-refractivity contribution in [1.29, 1.82) is 0 Å². The van der Waals surface area contributed by atoms with Crippen LogP contribution in [0.25, 0.3) is 0 Å². The number of carboxylic acid groups (broad SMARTS) is 1. The summed E-state index contributed by atoms with van der Waals surface area (Å²) in [4.78, 5) is 10.8. The van der Waals surface area contributed by atoms with Gasteiger partial charge in [-0.15, -0.1) is 11.3 Å². The van der Waals surface area contributed by atoms with Crippen LogP contribution in [0.4, 0.5) is 5.69 Å². The molecule has 0 aliphatic heterocycles. The highest BCUT2D eigenvalue weighted by Crippen LogP contribution is 2.28. The zero-order chi connectivity index (χ0) is 15.8. The molecule has 2 N–H and O–H groups in total. The zero-order valence-corrected chi connectivity index (χ0v) is 13.4. The van der Waals surface area contributed by atoms with Crippen molar-refractivity contribution in [3.63, 3.8) is 0 Å². The Morgan fingerprint density at radius 3 is 2.19 bits per heavy atom. The fourth-order valence-corrected chi connectivity index (χ4v) is 4.45. The van der Waals surface area contributed by atoms with Crippen LogP contribution in [-0.4, -0.2) is 19.5 Å². The summed E-state index contributed by atoms with van der Waals surface area (Å²) in [7, 11) is -3.78. The van der Waals surface area contributed by atoms with Gasteiger partial charge < -0.3 is 5.11 Å². The largest absolute Gasteiger partial charge is 0.477 e. The summed E-state index contributed by atoms with van der Waals surface area (Å²) in [6.07, 6.45) is 0. The van der Waals surface area contributed by atoms with Crippen molar-refractivity contribution in [3.05, 3.63) is 45.8 Å². The van der Waals surface area contributed by atoms with E-state index in [2.05, 4.69) is 4.72 Å². The smallest absolute Gasteiger partial charge is 0.345 e. The molecule has 21 heavy (non-hydrogen) atoms. The number of benzene rings is 1. The van der Waals surface area contributed by atoms with Crippen molar-refractivity contribution in [2.45, 2.75) is 25.0 Å². The van der Waals surface area contributed by atoms with Gasteiger partial charge in [0.15, 0.2) is 0 Å². The van der Waals surface area contributed by atoms with Gasteiger partial charge in [-0.3, -0.25) is 4.72 Å². The second kappa shape index (κ2) is 5.50. The lowest BCUT2D eigenvalue weighted by atomic mass is 10.1. The Hall–Kier alpha value is -1.86. The van der Waals surface area contributed by atoms with E-state index in [0.29, 0.717) is 5.69 Å². The van der Waals surface area contributed by atoms with Crippen molar-refractivity contribution < 1.29 is 18.3 Å². The Balaban J connectivity index is 2.40. The minimum Gasteiger partial charge on any atom is -0.477 e. The number of aryl methyl sites for hydroxylation is 3. The maximum Gasteiger partial charge on any atom is 0.345 e. The van der Waals surface area contributed by atoms with E-state index in [0.717, 1.165) is 28.0 Å². The molecule has 0 fully saturated rings.